The summed E-state index contributed by atoms with van der Waals surface area (Å²) in [6.07, 6.45) is 1.81. The molecule has 5 nitrogen and oxygen atoms in total. The van der Waals surface area contributed by atoms with Gasteiger partial charge in [0.1, 0.15) is 0 Å². The average molecular weight is 342 g/mol. The molecule has 0 aliphatic carbocycles. The quantitative estimate of drug-likeness (QED) is 0.838. The fraction of sp³-hybridized carbons (Fsp3) is 0.500. The van der Waals surface area contributed by atoms with Crippen LogP contribution in [-0.2, 0) is 13.6 Å². The number of hydrogen-bond acceptors (Lipinski definition) is 3. The Bertz CT molecular complexity index is 703. The molecule has 1 amide bonds. The summed E-state index contributed by atoms with van der Waals surface area (Å²) in [5, 5.41) is 7.29. The van der Waals surface area contributed by atoms with Crippen LogP contribution in [0.5, 0.6) is 0 Å². The Labute approximate surface area is 151 Å². The Balaban J connectivity index is 2.01. The Morgan fingerprint density at radius 1 is 1.24 bits per heavy atom. The maximum Gasteiger partial charge on any atom is 0.251 e. The van der Waals surface area contributed by atoms with Gasteiger partial charge < -0.3 is 5.32 Å². The molecule has 136 valence electrons. The van der Waals surface area contributed by atoms with Crippen LogP contribution in [0.25, 0.3) is 0 Å². The average Bonchev–Trinajstić information content (AvgIpc) is 2.92. The highest BCUT2D eigenvalue weighted by molar-refractivity contribution is 5.94. The van der Waals surface area contributed by atoms with Crippen molar-refractivity contribution in [2.45, 2.75) is 53.2 Å². The third-order valence-electron chi connectivity index (χ3n) is 4.83. The standard InChI is InChI=1S/C20H30N4O/c1-7-24(14(2)3)13-17-8-10-18(11-9-17)20(25)22-15(4)19-12-21-23(6)16(19)5/h8-12,14-15H,7,13H2,1-6H3,(H,22,25)/t15-/m1/s1. The van der Waals surface area contributed by atoms with E-state index in [0.29, 0.717) is 11.6 Å². The number of amides is 1. The van der Waals surface area contributed by atoms with E-state index < -0.39 is 0 Å². The summed E-state index contributed by atoms with van der Waals surface area (Å²) in [6.45, 7) is 12.5. The monoisotopic (exact) mass is 342 g/mol. The number of carbonyl (C=O) groups excluding carboxylic acids is 1. The van der Waals surface area contributed by atoms with Gasteiger partial charge in [-0.3, -0.25) is 14.4 Å². The van der Waals surface area contributed by atoms with E-state index in [2.05, 4.69) is 36.1 Å². The summed E-state index contributed by atoms with van der Waals surface area (Å²) in [6, 6.07) is 8.33. The number of benzene rings is 1. The second-order valence-corrected chi connectivity index (χ2v) is 6.86. The number of nitrogens with zero attached hydrogens (tertiary/aromatic N) is 3. The molecule has 0 radical (unpaired) electrons. The lowest BCUT2D eigenvalue weighted by atomic mass is 10.1. The fourth-order valence-electron chi connectivity index (χ4n) is 2.95. The molecule has 0 bridgehead atoms. The van der Waals surface area contributed by atoms with E-state index in [9.17, 15) is 4.79 Å². The first-order valence-corrected chi connectivity index (χ1v) is 8.95. The van der Waals surface area contributed by atoms with Gasteiger partial charge in [0.25, 0.3) is 5.91 Å². The molecular formula is C20H30N4O. The Morgan fingerprint density at radius 2 is 1.88 bits per heavy atom. The van der Waals surface area contributed by atoms with Gasteiger partial charge in [-0.05, 0) is 51.9 Å². The molecule has 0 spiro atoms. The van der Waals surface area contributed by atoms with E-state index in [1.54, 1.807) is 0 Å². The van der Waals surface area contributed by atoms with Gasteiger partial charge in [0.05, 0.1) is 12.2 Å². The molecule has 0 saturated carbocycles. The van der Waals surface area contributed by atoms with Crippen LogP contribution in [0.2, 0.25) is 0 Å². The summed E-state index contributed by atoms with van der Waals surface area (Å²) in [7, 11) is 1.91. The smallest absolute Gasteiger partial charge is 0.251 e. The predicted molar refractivity (Wildman–Crippen MR) is 101 cm³/mol. The topological polar surface area (TPSA) is 50.2 Å². The van der Waals surface area contributed by atoms with Crippen LogP contribution in [0.15, 0.2) is 30.5 Å². The predicted octanol–water partition coefficient (Wildman–Crippen LogP) is 3.45. The van der Waals surface area contributed by atoms with Crippen molar-refractivity contribution in [1.29, 1.82) is 0 Å². The molecule has 1 heterocycles. The Morgan fingerprint density at radius 3 is 2.36 bits per heavy atom. The SMILES string of the molecule is CCN(Cc1ccc(C(=O)N[C@H](C)c2cnn(C)c2C)cc1)C(C)C. The molecule has 1 aromatic heterocycles. The van der Waals surface area contributed by atoms with Crippen molar-refractivity contribution in [3.63, 3.8) is 0 Å². The summed E-state index contributed by atoms with van der Waals surface area (Å²) < 4.78 is 1.82. The number of carbonyl (C=O) groups is 1. The molecule has 0 aliphatic rings. The van der Waals surface area contributed by atoms with Crippen molar-refractivity contribution < 1.29 is 4.79 Å². The summed E-state index contributed by atoms with van der Waals surface area (Å²) >= 11 is 0. The minimum absolute atomic E-state index is 0.0569. The van der Waals surface area contributed by atoms with Crippen LogP contribution in [0.3, 0.4) is 0 Å². The molecule has 1 N–H and O–H groups in total. The van der Waals surface area contributed by atoms with Crippen LogP contribution in [0.4, 0.5) is 0 Å². The second kappa shape index (κ2) is 8.30. The van der Waals surface area contributed by atoms with Gasteiger partial charge in [-0.1, -0.05) is 19.1 Å². The number of rotatable bonds is 7. The first-order chi connectivity index (χ1) is 11.8. The Kier molecular flexibility index (Phi) is 6.37. The first-order valence-electron chi connectivity index (χ1n) is 8.95. The van der Waals surface area contributed by atoms with Gasteiger partial charge in [0, 0.05) is 36.5 Å². The lowest BCUT2D eigenvalue weighted by Crippen LogP contribution is -2.30. The first kappa shape index (κ1) is 19.2. The van der Waals surface area contributed by atoms with Crippen LogP contribution >= 0.6 is 0 Å². The van der Waals surface area contributed by atoms with E-state index in [1.807, 2.05) is 56.0 Å². The van der Waals surface area contributed by atoms with Crippen molar-refractivity contribution in [2.75, 3.05) is 6.54 Å². The van der Waals surface area contributed by atoms with E-state index >= 15 is 0 Å². The molecule has 0 aliphatic heterocycles. The third kappa shape index (κ3) is 4.69. The Hall–Kier alpha value is -2.14. The molecule has 0 fully saturated rings. The highest BCUT2D eigenvalue weighted by Crippen LogP contribution is 2.17. The summed E-state index contributed by atoms with van der Waals surface area (Å²) in [5.41, 5.74) is 4.02. The van der Waals surface area contributed by atoms with E-state index in [4.69, 9.17) is 0 Å². The number of nitrogens with one attached hydrogen (secondary N) is 1. The number of aromatic nitrogens is 2. The molecule has 5 heteroatoms. The summed E-state index contributed by atoms with van der Waals surface area (Å²) in [4.78, 5) is 14.9. The second-order valence-electron chi connectivity index (χ2n) is 6.86. The zero-order chi connectivity index (χ0) is 18.6. The number of hydrogen-bond donors (Lipinski definition) is 1. The van der Waals surface area contributed by atoms with Gasteiger partial charge >= 0.3 is 0 Å². The lowest BCUT2D eigenvalue weighted by Gasteiger charge is -2.24. The zero-order valence-electron chi connectivity index (χ0n) is 16.2. The molecule has 25 heavy (non-hydrogen) atoms. The summed E-state index contributed by atoms with van der Waals surface area (Å²) in [5.74, 6) is -0.0569. The highest BCUT2D eigenvalue weighted by atomic mass is 16.1. The van der Waals surface area contributed by atoms with Gasteiger partial charge in [-0.2, -0.15) is 5.10 Å². The molecule has 2 rings (SSSR count). The normalized spacial score (nSPS) is 12.6. The van der Waals surface area contributed by atoms with Gasteiger partial charge in [0.15, 0.2) is 0 Å². The lowest BCUT2D eigenvalue weighted by molar-refractivity contribution is 0.0939. The molecular weight excluding hydrogens is 312 g/mol. The molecule has 1 aromatic carbocycles. The minimum Gasteiger partial charge on any atom is -0.345 e. The van der Waals surface area contributed by atoms with E-state index in [-0.39, 0.29) is 11.9 Å². The molecule has 0 saturated heterocycles. The highest BCUT2D eigenvalue weighted by Gasteiger charge is 2.16. The molecule has 1 atom stereocenters. The van der Waals surface area contributed by atoms with Gasteiger partial charge in [-0.15, -0.1) is 0 Å². The maximum absolute atomic E-state index is 12.5. The fourth-order valence-corrected chi connectivity index (χ4v) is 2.95. The van der Waals surface area contributed by atoms with Crippen LogP contribution in [-0.4, -0.2) is 33.2 Å². The van der Waals surface area contributed by atoms with Crippen molar-refractivity contribution in [2.24, 2.45) is 7.05 Å². The molecule has 2 aromatic rings. The van der Waals surface area contributed by atoms with Crippen LogP contribution in [0, 0.1) is 6.92 Å². The van der Waals surface area contributed by atoms with E-state index in [1.165, 1.54) is 5.56 Å². The van der Waals surface area contributed by atoms with Crippen molar-refractivity contribution in [1.82, 2.24) is 20.0 Å². The minimum atomic E-state index is -0.0719. The maximum atomic E-state index is 12.5. The number of aryl methyl sites for hydroxylation is 1. The van der Waals surface area contributed by atoms with Crippen molar-refractivity contribution >= 4 is 5.91 Å². The largest absolute Gasteiger partial charge is 0.345 e. The van der Waals surface area contributed by atoms with Crippen molar-refractivity contribution in [3.05, 3.63) is 52.8 Å². The van der Waals surface area contributed by atoms with Crippen LogP contribution in [0.1, 0.15) is 60.9 Å². The third-order valence-corrected chi connectivity index (χ3v) is 4.83. The zero-order valence-corrected chi connectivity index (χ0v) is 16.2. The van der Waals surface area contributed by atoms with Crippen molar-refractivity contribution in [3.8, 4) is 0 Å². The van der Waals surface area contributed by atoms with Gasteiger partial charge in [-0.25, -0.2) is 0 Å². The van der Waals surface area contributed by atoms with E-state index in [0.717, 1.165) is 24.3 Å². The van der Waals surface area contributed by atoms with Crippen LogP contribution < -0.4 is 5.32 Å². The van der Waals surface area contributed by atoms with Gasteiger partial charge in [0.2, 0.25) is 0 Å². The molecule has 0 unspecified atom stereocenters.